The van der Waals surface area contributed by atoms with Crippen LogP contribution in [0.1, 0.15) is 86.5 Å². The van der Waals surface area contributed by atoms with Crippen molar-refractivity contribution in [2.45, 2.75) is 78.1 Å². The van der Waals surface area contributed by atoms with Gasteiger partial charge in [-0.25, -0.2) is 0 Å². The van der Waals surface area contributed by atoms with E-state index in [1.807, 2.05) is 38.1 Å². The summed E-state index contributed by atoms with van der Waals surface area (Å²) in [5, 5.41) is 45.4. The second-order valence-electron chi connectivity index (χ2n) is 8.46. The predicted molar refractivity (Wildman–Crippen MR) is 129 cm³/mol. The van der Waals surface area contributed by atoms with E-state index in [0.29, 0.717) is 35.4 Å². The highest BCUT2D eigenvalue weighted by Crippen LogP contribution is 2.23. The predicted octanol–water partition coefficient (Wildman–Crippen LogP) is 6.67. The molecule has 2 aromatic rings. The number of rotatable bonds is 13. The molecule has 32 heavy (non-hydrogen) atoms. The van der Waals surface area contributed by atoms with Gasteiger partial charge in [-0.15, -0.1) is 0 Å². The highest BCUT2D eigenvalue weighted by Gasteiger charge is 2.11. The van der Waals surface area contributed by atoms with Crippen LogP contribution in [-0.2, 0) is 0 Å². The fourth-order valence-electron chi connectivity index (χ4n) is 3.88. The lowest BCUT2D eigenvalue weighted by molar-refractivity contribution is 0.317. The molecule has 4 N–H and O–H groups in total. The molecular weight excluding hydrogens is 404 g/mol. The van der Waals surface area contributed by atoms with Gasteiger partial charge in [0.1, 0.15) is 11.5 Å². The normalized spacial score (nSPS) is 12.3. The minimum Gasteiger partial charge on any atom is -0.507 e. The number of phenols is 2. The summed E-state index contributed by atoms with van der Waals surface area (Å²) in [6.07, 6.45) is 9.79. The third-order valence-corrected chi connectivity index (χ3v) is 5.74. The van der Waals surface area contributed by atoms with Gasteiger partial charge in [-0.05, 0) is 63.8 Å². The SMILES string of the molecule is Cc1ccc(O)c(C(CCCCCCCCCCC(=NO)c2cc(C)ccc2O)=NO)c1. The number of unbranched alkanes of at least 4 members (excludes halogenated alkanes) is 7. The van der Waals surface area contributed by atoms with Gasteiger partial charge < -0.3 is 20.6 Å². The molecule has 2 rings (SSSR count). The van der Waals surface area contributed by atoms with Gasteiger partial charge in [0.25, 0.3) is 0 Å². The molecule has 0 saturated heterocycles. The number of nitrogens with zero attached hydrogens (tertiary/aromatic N) is 2. The summed E-state index contributed by atoms with van der Waals surface area (Å²) >= 11 is 0. The number of phenolic OH excluding ortho intramolecular Hbond substituents is 2. The lowest BCUT2D eigenvalue weighted by Crippen LogP contribution is -2.02. The van der Waals surface area contributed by atoms with Crippen LogP contribution in [0.4, 0.5) is 0 Å². The van der Waals surface area contributed by atoms with E-state index in [0.717, 1.165) is 62.5 Å². The van der Waals surface area contributed by atoms with Crippen LogP contribution in [0.3, 0.4) is 0 Å². The number of hydrogen-bond acceptors (Lipinski definition) is 6. The third-order valence-electron chi connectivity index (χ3n) is 5.74. The molecule has 0 aromatic heterocycles. The van der Waals surface area contributed by atoms with Crippen LogP contribution in [0.2, 0.25) is 0 Å². The molecule has 0 heterocycles. The summed E-state index contributed by atoms with van der Waals surface area (Å²) < 4.78 is 0. The maximum Gasteiger partial charge on any atom is 0.124 e. The zero-order valence-electron chi connectivity index (χ0n) is 19.2. The molecule has 0 fully saturated rings. The Morgan fingerprint density at radius 2 is 0.938 bits per heavy atom. The van der Waals surface area contributed by atoms with Crippen LogP contribution >= 0.6 is 0 Å². The lowest BCUT2D eigenvalue weighted by atomic mass is 9.99. The van der Waals surface area contributed by atoms with Crippen molar-refractivity contribution in [3.05, 3.63) is 58.7 Å². The van der Waals surface area contributed by atoms with Gasteiger partial charge in [0.05, 0.1) is 11.4 Å². The van der Waals surface area contributed by atoms with Crippen molar-refractivity contribution in [3.8, 4) is 11.5 Å². The van der Waals surface area contributed by atoms with Gasteiger partial charge in [0, 0.05) is 11.1 Å². The summed E-state index contributed by atoms with van der Waals surface area (Å²) in [5.41, 5.74) is 4.33. The number of aryl methyl sites for hydroxylation is 2. The van der Waals surface area contributed by atoms with Crippen LogP contribution in [0.25, 0.3) is 0 Å². The van der Waals surface area contributed by atoms with Crippen LogP contribution in [-0.4, -0.2) is 32.1 Å². The summed E-state index contributed by atoms with van der Waals surface area (Å²) in [5.74, 6) is 0.297. The van der Waals surface area contributed by atoms with E-state index < -0.39 is 0 Å². The third kappa shape index (κ3) is 7.91. The monoisotopic (exact) mass is 440 g/mol. The Labute approximate surface area is 190 Å². The molecule has 0 bridgehead atoms. The summed E-state index contributed by atoms with van der Waals surface area (Å²) in [6.45, 7) is 3.89. The topological polar surface area (TPSA) is 106 Å². The zero-order chi connectivity index (χ0) is 23.3. The summed E-state index contributed by atoms with van der Waals surface area (Å²) in [6, 6.07) is 10.6. The van der Waals surface area contributed by atoms with E-state index in [-0.39, 0.29) is 11.5 Å². The fraction of sp³-hybridized carbons (Fsp3) is 0.462. The van der Waals surface area contributed by atoms with Gasteiger partial charge in [0.2, 0.25) is 0 Å². The molecule has 0 aliphatic heterocycles. The first-order valence-corrected chi connectivity index (χ1v) is 11.5. The number of oxime groups is 2. The Balaban J connectivity index is 1.59. The van der Waals surface area contributed by atoms with E-state index in [2.05, 4.69) is 10.3 Å². The van der Waals surface area contributed by atoms with Gasteiger partial charge in [-0.3, -0.25) is 0 Å². The van der Waals surface area contributed by atoms with Crippen LogP contribution in [0.15, 0.2) is 46.7 Å². The Bertz CT molecular complexity index is 847. The average Bonchev–Trinajstić information content (AvgIpc) is 2.78. The van der Waals surface area contributed by atoms with Gasteiger partial charge >= 0.3 is 0 Å². The Kier molecular flexibility index (Phi) is 10.6. The number of hydrogen-bond donors (Lipinski definition) is 4. The second kappa shape index (κ2) is 13.4. The Morgan fingerprint density at radius 3 is 1.28 bits per heavy atom. The quantitative estimate of drug-likeness (QED) is 0.121. The van der Waals surface area contributed by atoms with Crippen LogP contribution in [0, 0.1) is 13.8 Å². The van der Waals surface area contributed by atoms with Gasteiger partial charge in [-0.2, -0.15) is 0 Å². The molecule has 174 valence electrons. The largest absolute Gasteiger partial charge is 0.507 e. The molecule has 6 nitrogen and oxygen atoms in total. The fourth-order valence-corrected chi connectivity index (χ4v) is 3.88. The Morgan fingerprint density at radius 1 is 0.594 bits per heavy atom. The van der Waals surface area contributed by atoms with E-state index >= 15 is 0 Å². The maximum atomic E-state index is 9.99. The molecule has 0 atom stereocenters. The smallest absolute Gasteiger partial charge is 0.124 e. The molecule has 6 heteroatoms. The van der Waals surface area contributed by atoms with Gasteiger partial charge in [0.15, 0.2) is 0 Å². The van der Waals surface area contributed by atoms with Crippen LogP contribution in [0.5, 0.6) is 11.5 Å². The molecule has 0 unspecified atom stereocenters. The first-order chi connectivity index (χ1) is 15.5. The van der Waals surface area contributed by atoms with Crippen molar-refractivity contribution in [2.75, 3.05) is 0 Å². The minimum absolute atomic E-state index is 0.149. The first-order valence-electron chi connectivity index (χ1n) is 11.5. The van der Waals surface area contributed by atoms with E-state index in [1.54, 1.807) is 12.1 Å². The van der Waals surface area contributed by atoms with Crippen LogP contribution < -0.4 is 0 Å². The van der Waals surface area contributed by atoms with Gasteiger partial charge in [-0.1, -0.05) is 72.1 Å². The molecule has 0 radical (unpaired) electrons. The number of benzene rings is 2. The van der Waals surface area contributed by atoms with E-state index in [1.165, 1.54) is 0 Å². The van der Waals surface area contributed by atoms with Crippen molar-refractivity contribution in [2.24, 2.45) is 10.3 Å². The maximum absolute atomic E-state index is 9.99. The highest BCUT2D eigenvalue weighted by atomic mass is 16.4. The van der Waals surface area contributed by atoms with Crippen molar-refractivity contribution < 1.29 is 20.6 Å². The summed E-state index contributed by atoms with van der Waals surface area (Å²) in [4.78, 5) is 0. The zero-order valence-corrected chi connectivity index (χ0v) is 19.2. The van der Waals surface area contributed by atoms with E-state index in [4.69, 9.17) is 0 Å². The molecule has 2 aromatic carbocycles. The number of aromatic hydroxyl groups is 2. The molecule has 0 aliphatic carbocycles. The molecular formula is C26H36N2O4. The average molecular weight is 441 g/mol. The molecule has 0 saturated carbocycles. The van der Waals surface area contributed by atoms with Crippen molar-refractivity contribution in [3.63, 3.8) is 0 Å². The first kappa shape index (κ1) is 25.2. The molecule has 0 amide bonds. The van der Waals surface area contributed by atoms with E-state index in [9.17, 15) is 20.6 Å². The van der Waals surface area contributed by atoms with Crippen molar-refractivity contribution in [1.82, 2.24) is 0 Å². The Hall–Kier alpha value is -3.02. The molecule has 0 aliphatic rings. The minimum atomic E-state index is 0.149. The van der Waals surface area contributed by atoms with Crippen molar-refractivity contribution in [1.29, 1.82) is 0 Å². The molecule has 0 spiro atoms. The lowest BCUT2D eigenvalue weighted by Gasteiger charge is -2.09. The summed E-state index contributed by atoms with van der Waals surface area (Å²) in [7, 11) is 0. The standard InChI is InChI=1S/C26H36N2O4/c1-19-13-15-25(29)21(17-19)23(27-31)11-9-7-5-3-4-6-8-10-12-24(28-32)22-18-20(2)14-16-26(22)30/h13-18,29-32H,3-12H2,1-2H3. The van der Waals surface area contributed by atoms with Crippen molar-refractivity contribution >= 4 is 11.4 Å². The highest BCUT2D eigenvalue weighted by molar-refractivity contribution is 6.03. The second-order valence-corrected chi connectivity index (χ2v) is 8.46.